The van der Waals surface area contributed by atoms with Gasteiger partial charge in [-0.3, -0.25) is 0 Å². The average Bonchev–Trinajstić information content (AvgIpc) is 2.72. The average molecular weight is 305 g/mol. The SMILES string of the molecule is COc1c(-c2cc(N)on2)cc(Br)c(F)c1F. The summed E-state index contributed by atoms with van der Waals surface area (Å²) >= 11 is 2.90. The van der Waals surface area contributed by atoms with Crippen molar-refractivity contribution in [2.24, 2.45) is 0 Å². The van der Waals surface area contributed by atoms with E-state index in [4.69, 9.17) is 10.5 Å². The Hall–Kier alpha value is -1.63. The van der Waals surface area contributed by atoms with Crippen LogP contribution in [0.25, 0.3) is 11.3 Å². The van der Waals surface area contributed by atoms with Gasteiger partial charge in [-0.05, 0) is 22.0 Å². The van der Waals surface area contributed by atoms with E-state index in [0.717, 1.165) is 0 Å². The molecule has 0 saturated carbocycles. The first-order valence-corrected chi connectivity index (χ1v) is 5.28. The molecule has 0 fully saturated rings. The summed E-state index contributed by atoms with van der Waals surface area (Å²) in [5, 5.41) is 3.62. The lowest BCUT2D eigenvalue weighted by atomic mass is 10.1. The van der Waals surface area contributed by atoms with Crippen LogP contribution >= 0.6 is 15.9 Å². The van der Waals surface area contributed by atoms with Gasteiger partial charge in [0.15, 0.2) is 11.6 Å². The van der Waals surface area contributed by atoms with E-state index >= 15 is 0 Å². The smallest absolute Gasteiger partial charge is 0.222 e. The lowest BCUT2D eigenvalue weighted by Gasteiger charge is -2.08. The molecule has 2 N–H and O–H groups in total. The molecule has 2 rings (SSSR count). The Morgan fingerprint density at radius 2 is 2.06 bits per heavy atom. The number of methoxy groups -OCH3 is 1. The summed E-state index contributed by atoms with van der Waals surface area (Å²) in [4.78, 5) is 0. The molecule has 17 heavy (non-hydrogen) atoms. The second kappa shape index (κ2) is 4.33. The number of rotatable bonds is 2. The lowest BCUT2D eigenvalue weighted by molar-refractivity contribution is 0.371. The van der Waals surface area contributed by atoms with Gasteiger partial charge in [0.2, 0.25) is 11.7 Å². The molecule has 0 spiro atoms. The fourth-order valence-electron chi connectivity index (χ4n) is 1.38. The summed E-state index contributed by atoms with van der Waals surface area (Å²) < 4.78 is 36.4. The van der Waals surface area contributed by atoms with Gasteiger partial charge in [-0.1, -0.05) is 5.16 Å². The predicted molar refractivity (Wildman–Crippen MR) is 60.5 cm³/mol. The van der Waals surface area contributed by atoms with Crippen LogP contribution in [0.2, 0.25) is 0 Å². The minimum absolute atomic E-state index is 0.0348. The van der Waals surface area contributed by atoms with Gasteiger partial charge < -0.3 is 15.0 Å². The van der Waals surface area contributed by atoms with E-state index in [1.807, 2.05) is 0 Å². The zero-order chi connectivity index (χ0) is 12.6. The van der Waals surface area contributed by atoms with E-state index in [0.29, 0.717) is 0 Å². The second-order valence-corrected chi connectivity index (χ2v) is 4.04. The van der Waals surface area contributed by atoms with Gasteiger partial charge in [0.05, 0.1) is 17.1 Å². The summed E-state index contributed by atoms with van der Waals surface area (Å²) in [7, 11) is 1.23. The van der Waals surface area contributed by atoms with E-state index < -0.39 is 11.6 Å². The molecule has 0 bridgehead atoms. The molecule has 0 saturated heterocycles. The van der Waals surface area contributed by atoms with Gasteiger partial charge in [0.25, 0.3) is 0 Å². The third kappa shape index (κ3) is 1.97. The van der Waals surface area contributed by atoms with Crippen molar-refractivity contribution in [2.75, 3.05) is 12.8 Å². The number of halogens is 3. The van der Waals surface area contributed by atoms with Crippen LogP contribution in [0.3, 0.4) is 0 Å². The van der Waals surface area contributed by atoms with Crippen molar-refractivity contribution >= 4 is 21.8 Å². The topological polar surface area (TPSA) is 61.3 Å². The monoisotopic (exact) mass is 304 g/mol. The van der Waals surface area contributed by atoms with E-state index in [9.17, 15) is 8.78 Å². The highest BCUT2D eigenvalue weighted by Gasteiger charge is 2.21. The van der Waals surface area contributed by atoms with Crippen molar-refractivity contribution in [2.45, 2.75) is 0 Å². The Balaban J connectivity index is 2.69. The Morgan fingerprint density at radius 3 is 2.59 bits per heavy atom. The fourth-order valence-corrected chi connectivity index (χ4v) is 1.79. The molecule has 2 aromatic rings. The predicted octanol–water partition coefficient (Wildman–Crippen LogP) is 2.97. The molecule has 0 radical (unpaired) electrons. The maximum absolute atomic E-state index is 13.6. The van der Waals surface area contributed by atoms with Crippen molar-refractivity contribution in [3.8, 4) is 17.0 Å². The molecule has 1 aromatic heterocycles. The highest BCUT2D eigenvalue weighted by atomic mass is 79.9. The molecule has 1 heterocycles. The van der Waals surface area contributed by atoms with Crippen LogP contribution in [0.4, 0.5) is 14.7 Å². The molecular weight excluding hydrogens is 298 g/mol. The molecule has 0 aliphatic rings. The summed E-state index contributed by atoms with van der Waals surface area (Å²) in [6, 6.07) is 2.73. The van der Waals surface area contributed by atoms with Crippen LogP contribution in [-0.4, -0.2) is 12.3 Å². The summed E-state index contributed by atoms with van der Waals surface area (Å²) in [5.74, 6) is -2.30. The highest BCUT2D eigenvalue weighted by molar-refractivity contribution is 9.10. The third-order valence-corrected chi connectivity index (χ3v) is 2.70. The number of ether oxygens (including phenoxy) is 1. The number of hydrogen-bond acceptors (Lipinski definition) is 4. The summed E-state index contributed by atoms with van der Waals surface area (Å²) in [6.45, 7) is 0. The van der Waals surface area contributed by atoms with Crippen molar-refractivity contribution in [3.05, 3.63) is 28.2 Å². The molecule has 0 unspecified atom stereocenters. The number of nitrogens with two attached hydrogens (primary N) is 1. The molecule has 0 amide bonds. The molecule has 4 nitrogen and oxygen atoms in total. The van der Waals surface area contributed by atoms with E-state index in [1.165, 1.54) is 19.2 Å². The Bertz CT molecular complexity index is 572. The van der Waals surface area contributed by atoms with Gasteiger partial charge in [-0.2, -0.15) is 4.39 Å². The Morgan fingerprint density at radius 1 is 1.35 bits per heavy atom. The van der Waals surface area contributed by atoms with Gasteiger partial charge in [-0.25, -0.2) is 4.39 Å². The first-order valence-electron chi connectivity index (χ1n) is 4.48. The van der Waals surface area contributed by atoms with Crippen LogP contribution in [-0.2, 0) is 0 Å². The minimum atomic E-state index is -1.10. The van der Waals surface area contributed by atoms with E-state index in [-0.39, 0.29) is 27.4 Å². The van der Waals surface area contributed by atoms with Crippen LogP contribution in [0.1, 0.15) is 0 Å². The van der Waals surface area contributed by atoms with Crippen LogP contribution in [0.15, 0.2) is 21.1 Å². The minimum Gasteiger partial charge on any atom is -0.493 e. The summed E-state index contributed by atoms with van der Waals surface area (Å²) in [5.41, 5.74) is 5.88. The van der Waals surface area contributed by atoms with Gasteiger partial charge in [0, 0.05) is 6.07 Å². The zero-order valence-electron chi connectivity index (χ0n) is 8.63. The second-order valence-electron chi connectivity index (χ2n) is 3.18. The number of aromatic nitrogens is 1. The quantitative estimate of drug-likeness (QED) is 0.867. The fraction of sp³-hybridized carbons (Fsp3) is 0.100. The highest BCUT2D eigenvalue weighted by Crippen LogP contribution is 2.37. The molecule has 0 aliphatic heterocycles. The van der Waals surface area contributed by atoms with Crippen molar-refractivity contribution in [3.63, 3.8) is 0 Å². The molecule has 0 atom stereocenters. The standard InChI is InChI=1S/C10H7BrF2N2O2/c1-16-10-4(6-3-7(14)17-15-6)2-5(11)8(12)9(10)13/h2-3H,14H2,1H3. The first-order chi connectivity index (χ1) is 8.04. The van der Waals surface area contributed by atoms with Crippen molar-refractivity contribution in [1.82, 2.24) is 5.16 Å². The van der Waals surface area contributed by atoms with Crippen LogP contribution in [0.5, 0.6) is 5.75 Å². The number of hydrogen-bond donors (Lipinski definition) is 1. The van der Waals surface area contributed by atoms with E-state index in [2.05, 4.69) is 25.6 Å². The van der Waals surface area contributed by atoms with Gasteiger partial charge >= 0.3 is 0 Å². The Labute approximate surface area is 103 Å². The molecule has 0 aliphatic carbocycles. The lowest BCUT2D eigenvalue weighted by Crippen LogP contribution is -1.96. The molecule has 7 heteroatoms. The van der Waals surface area contributed by atoms with E-state index in [1.54, 1.807) is 0 Å². The van der Waals surface area contributed by atoms with Crippen LogP contribution < -0.4 is 10.5 Å². The largest absolute Gasteiger partial charge is 0.493 e. The van der Waals surface area contributed by atoms with Gasteiger partial charge in [0.1, 0.15) is 5.69 Å². The number of nitrogens with zero attached hydrogens (tertiary/aromatic N) is 1. The van der Waals surface area contributed by atoms with Crippen molar-refractivity contribution < 1.29 is 18.0 Å². The number of benzene rings is 1. The first kappa shape index (κ1) is 11.8. The normalized spacial score (nSPS) is 10.6. The van der Waals surface area contributed by atoms with Gasteiger partial charge in [-0.15, -0.1) is 0 Å². The third-order valence-electron chi connectivity index (χ3n) is 2.13. The van der Waals surface area contributed by atoms with Crippen molar-refractivity contribution in [1.29, 1.82) is 0 Å². The summed E-state index contributed by atoms with van der Waals surface area (Å²) in [6.07, 6.45) is 0. The maximum Gasteiger partial charge on any atom is 0.222 e. The number of nitrogen functional groups attached to an aromatic ring is 1. The molecular formula is C10H7BrF2N2O2. The number of anilines is 1. The maximum atomic E-state index is 13.6. The Kier molecular flexibility index (Phi) is 3.01. The molecule has 90 valence electrons. The molecule has 1 aromatic carbocycles. The van der Waals surface area contributed by atoms with Crippen LogP contribution in [0, 0.1) is 11.6 Å². The zero-order valence-corrected chi connectivity index (χ0v) is 10.2.